The van der Waals surface area contributed by atoms with Gasteiger partial charge in [0.15, 0.2) is 0 Å². The first-order chi connectivity index (χ1) is 8.08. The zero-order chi connectivity index (χ0) is 12.8. The average Bonchev–Trinajstić information content (AvgIpc) is 2.35. The van der Waals surface area contributed by atoms with Gasteiger partial charge in [0.2, 0.25) is 0 Å². The SMILES string of the molecule is COc1ccc(CC[C@H](N)C(=O)O)c(OC)c1. The van der Waals surface area contributed by atoms with Crippen LogP contribution in [0.2, 0.25) is 0 Å². The van der Waals surface area contributed by atoms with Crippen molar-refractivity contribution in [2.24, 2.45) is 5.73 Å². The van der Waals surface area contributed by atoms with Gasteiger partial charge in [-0.05, 0) is 24.5 Å². The fraction of sp³-hybridized carbons (Fsp3) is 0.417. The van der Waals surface area contributed by atoms with Gasteiger partial charge in [-0.1, -0.05) is 6.07 Å². The van der Waals surface area contributed by atoms with Crippen LogP contribution in [0.4, 0.5) is 0 Å². The van der Waals surface area contributed by atoms with Crippen molar-refractivity contribution in [3.8, 4) is 11.5 Å². The minimum absolute atomic E-state index is 0.373. The van der Waals surface area contributed by atoms with E-state index >= 15 is 0 Å². The number of nitrogens with two attached hydrogens (primary N) is 1. The van der Waals surface area contributed by atoms with Gasteiger partial charge in [-0.15, -0.1) is 0 Å². The van der Waals surface area contributed by atoms with Gasteiger partial charge in [-0.2, -0.15) is 0 Å². The maximum atomic E-state index is 10.6. The van der Waals surface area contributed by atoms with Crippen molar-refractivity contribution in [2.75, 3.05) is 14.2 Å². The lowest BCUT2D eigenvalue weighted by molar-refractivity contribution is -0.138. The molecule has 0 heterocycles. The van der Waals surface area contributed by atoms with Gasteiger partial charge in [0, 0.05) is 6.07 Å². The molecule has 0 fully saturated rings. The summed E-state index contributed by atoms with van der Waals surface area (Å²) in [6.07, 6.45) is 0.929. The van der Waals surface area contributed by atoms with E-state index in [4.69, 9.17) is 20.3 Å². The minimum Gasteiger partial charge on any atom is -0.497 e. The fourth-order valence-corrected chi connectivity index (χ4v) is 1.49. The Morgan fingerprint density at radius 3 is 2.65 bits per heavy atom. The first-order valence-electron chi connectivity index (χ1n) is 5.27. The molecule has 0 saturated carbocycles. The van der Waals surface area contributed by atoms with Crippen molar-refractivity contribution in [1.82, 2.24) is 0 Å². The molecule has 0 amide bonds. The van der Waals surface area contributed by atoms with Crippen LogP contribution in [0.25, 0.3) is 0 Å². The molecule has 0 aliphatic rings. The molecule has 0 aliphatic carbocycles. The number of carbonyl (C=O) groups is 1. The summed E-state index contributed by atoms with van der Waals surface area (Å²) in [5, 5.41) is 8.69. The second-order valence-electron chi connectivity index (χ2n) is 3.66. The van der Waals surface area contributed by atoms with Crippen LogP contribution in [0.1, 0.15) is 12.0 Å². The third kappa shape index (κ3) is 3.64. The van der Waals surface area contributed by atoms with Crippen LogP contribution in [-0.4, -0.2) is 31.3 Å². The van der Waals surface area contributed by atoms with Crippen LogP contribution < -0.4 is 15.2 Å². The van der Waals surface area contributed by atoms with Crippen molar-refractivity contribution in [2.45, 2.75) is 18.9 Å². The molecule has 0 radical (unpaired) electrons. The number of carboxylic acids is 1. The van der Waals surface area contributed by atoms with Gasteiger partial charge >= 0.3 is 5.97 Å². The molecule has 5 nitrogen and oxygen atoms in total. The van der Waals surface area contributed by atoms with Gasteiger partial charge < -0.3 is 20.3 Å². The van der Waals surface area contributed by atoms with E-state index in [2.05, 4.69) is 0 Å². The normalized spacial score (nSPS) is 11.9. The Labute approximate surface area is 100 Å². The molecule has 1 atom stereocenters. The minimum atomic E-state index is -0.988. The van der Waals surface area contributed by atoms with Crippen LogP contribution >= 0.6 is 0 Å². The van der Waals surface area contributed by atoms with Crippen LogP contribution in [0, 0.1) is 0 Å². The number of rotatable bonds is 6. The largest absolute Gasteiger partial charge is 0.497 e. The molecule has 0 aromatic heterocycles. The molecule has 1 aromatic rings. The number of methoxy groups -OCH3 is 2. The van der Waals surface area contributed by atoms with Crippen molar-refractivity contribution in [3.05, 3.63) is 23.8 Å². The standard InChI is InChI=1S/C12H17NO4/c1-16-9-5-3-8(11(7-9)17-2)4-6-10(13)12(14)15/h3,5,7,10H,4,6,13H2,1-2H3,(H,14,15)/t10-/m0/s1. The molecule has 0 aliphatic heterocycles. The van der Waals surface area contributed by atoms with Crippen molar-refractivity contribution >= 4 is 5.97 Å². The maximum Gasteiger partial charge on any atom is 0.320 e. The Hall–Kier alpha value is -1.75. The van der Waals surface area contributed by atoms with Crippen LogP contribution in [-0.2, 0) is 11.2 Å². The zero-order valence-electron chi connectivity index (χ0n) is 9.97. The third-order valence-electron chi connectivity index (χ3n) is 2.54. The first-order valence-corrected chi connectivity index (χ1v) is 5.27. The Balaban J connectivity index is 2.73. The van der Waals surface area contributed by atoms with E-state index in [0.717, 1.165) is 5.56 Å². The topological polar surface area (TPSA) is 81.8 Å². The number of hydrogen-bond donors (Lipinski definition) is 2. The molecule has 5 heteroatoms. The predicted molar refractivity (Wildman–Crippen MR) is 63.5 cm³/mol. The molecule has 0 spiro atoms. The Bertz CT molecular complexity index is 392. The van der Waals surface area contributed by atoms with E-state index in [1.54, 1.807) is 20.3 Å². The highest BCUT2D eigenvalue weighted by atomic mass is 16.5. The molecule has 1 rings (SSSR count). The van der Waals surface area contributed by atoms with Crippen molar-refractivity contribution < 1.29 is 19.4 Å². The highest BCUT2D eigenvalue weighted by Gasteiger charge is 2.13. The predicted octanol–water partition coefficient (Wildman–Crippen LogP) is 1.05. The summed E-state index contributed by atoms with van der Waals surface area (Å²) < 4.78 is 10.3. The summed E-state index contributed by atoms with van der Waals surface area (Å²) >= 11 is 0. The summed E-state index contributed by atoms with van der Waals surface area (Å²) in [5.74, 6) is 0.396. The third-order valence-corrected chi connectivity index (χ3v) is 2.54. The zero-order valence-corrected chi connectivity index (χ0v) is 9.97. The van der Waals surface area contributed by atoms with Gasteiger partial charge in [0.1, 0.15) is 17.5 Å². The molecular weight excluding hydrogens is 222 g/mol. The highest BCUT2D eigenvalue weighted by molar-refractivity contribution is 5.73. The monoisotopic (exact) mass is 239 g/mol. The lowest BCUT2D eigenvalue weighted by Gasteiger charge is -2.11. The van der Waals surface area contributed by atoms with Gasteiger partial charge in [-0.25, -0.2) is 0 Å². The second-order valence-corrected chi connectivity index (χ2v) is 3.66. The van der Waals surface area contributed by atoms with E-state index < -0.39 is 12.0 Å². The molecule has 3 N–H and O–H groups in total. The summed E-state index contributed by atoms with van der Waals surface area (Å²) in [7, 11) is 3.14. The summed E-state index contributed by atoms with van der Waals surface area (Å²) in [6.45, 7) is 0. The van der Waals surface area contributed by atoms with E-state index in [1.165, 1.54) is 0 Å². The molecule has 0 saturated heterocycles. The molecule has 0 bridgehead atoms. The number of ether oxygens (including phenoxy) is 2. The fourth-order valence-electron chi connectivity index (χ4n) is 1.49. The molecule has 0 unspecified atom stereocenters. The first kappa shape index (κ1) is 13.3. The second kappa shape index (κ2) is 6.10. The number of hydrogen-bond acceptors (Lipinski definition) is 4. The Kier molecular flexibility index (Phi) is 4.78. The van der Waals surface area contributed by atoms with Crippen LogP contribution in [0.3, 0.4) is 0 Å². The lowest BCUT2D eigenvalue weighted by Crippen LogP contribution is -2.30. The van der Waals surface area contributed by atoms with E-state index in [-0.39, 0.29) is 0 Å². The highest BCUT2D eigenvalue weighted by Crippen LogP contribution is 2.25. The Morgan fingerprint density at radius 2 is 2.12 bits per heavy atom. The Morgan fingerprint density at radius 1 is 1.41 bits per heavy atom. The number of benzene rings is 1. The maximum absolute atomic E-state index is 10.6. The molecule has 1 aromatic carbocycles. The van der Waals surface area contributed by atoms with Crippen LogP contribution in [0.15, 0.2) is 18.2 Å². The summed E-state index contributed by atoms with van der Waals surface area (Å²) in [5.41, 5.74) is 6.37. The van der Waals surface area contributed by atoms with E-state index in [9.17, 15) is 4.79 Å². The van der Waals surface area contributed by atoms with Crippen molar-refractivity contribution in [1.29, 1.82) is 0 Å². The average molecular weight is 239 g/mol. The molecule has 94 valence electrons. The molecule has 17 heavy (non-hydrogen) atoms. The molecular formula is C12H17NO4. The van der Waals surface area contributed by atoms with Crippen LogP contribution in [0.5, 0.6) is 11.5 Å². The summed E-state index contributed by atoms with van der Waals surface area (Å²) in [4.78, 5) is 10.6. The number of aryl methyl sites for hydroxylation is 1. The number of aliphatic carboxylic acids is 1. The number of carboxylic acid groups (broad SMARTS) is 1. The summed E-state index contributed by atoms with van der Waals surface area (Å²) in [6, 6.07) is 4.58. The lowest BCUT2D eigenvalue weighted by atomic mass is 10.0. The van der Waals surface area contributed by atoms with Crippen molar-refractivity contribution in [3.63, 3.8) is 0 Å². The van der Waals surface area contributed by atoms with Gasteiger partial charge in [0.25, 0.3) is 0 Å². The van der Waals surface area contributed by atoms with E-state index in [0.29, 0.717) is 24.3 Å². The van der Waals surface area contributed by atoms with E-state index in [1.807, 2.05) is 12.1 Å². The quantitative estimate of drug-likeness (QED) is 0.775. The van der Waals surface area contributed by atoms with Gasteiger partial charge in [-0.3, -0.25) is 4.79 Å². The smallest absolute Gasteiger partial charge is 0.320 e. The van der Waals surface area contributed by atoms with Gasteiger partial charge in [0.05, 0.1) is 14.2 Å².